The minimum Gasteiger partial charge on any atom is -0.308 e. The summed E-state index contributed by atoms with van der Waals surface area (Å²) in [6.07, 6.45) is 0.272. The molecule has 0 spiro atoms. The van der Waals surface area contributed by atoms with E-state index in [9.17, 15) is 9.18 Å². The van der Waals surface area contributed by atoms with E-state index < -0.39 is 6.17 Å². The predicted molar refractivity (Wildman–Crippen MR) is 87.5 cm³/mol. The minimum absolute atomic E-state index is 0.00498. The monoisotopic (exact) mass is 315 g/mol. The minimum atomic E-state index is -0.744. The number of rotatable bonds is 6. The van der Waals surface area contributed by atoms with Crippen molar-refractivity contribution in [2.75, 3.05) is 6.54 Å². The highest BCUT2D eigenvalue weighted by Gasteiger charge is 2.29. The number of H-pyrrole nitrogens is 1. The summed E-state index contributed by atoms with van der Waals surface area (Å²) in [6, 6.07) is 9.58. The number of nitrogens with one attached hydrogen (secondary N) is 2. The van der Waals surface area contributed by atoms with Gasteiger partial charge in [-0.3, -0.25) is 9.89 Å². The number of nitrogens with zero attached hydrogens (tertiary/aromatic N) is 1. The smallest absolute Gasteiger partial charge is 0.187 e. The third kappa shape index (κ3) is 3.67. The molecule has 2 atom stereocenters. The quantitative estimate of drug-likeness (QED) is 0.806. The summed E-state index contributed by atoms with van der Waals surface area (Å²) in [5.74, 6) is 0.327. The lowest BCUT2D eigenvalue weighted by atomic mass is 9.95. The van der Waals surface area contributed by atoms with Crippen LogP contribution in [-0.2, 0) is 12.8 Å². The van der Waals surface area contributed by atoms with Crippen LogP contribution in [0.1, 0.15) is 47.1 Å². The summed E-state index contributed by atoms with van der Waals surface area (Å²) < 4.78 is 13.2. The first kappa shape index (κ1) is 15.9. The Morgan fingerprint density at radius 2 is 2.00 bits per heavy atom. The van der Waals surface area contributed by atoms with E-state index in [0.717, 1.165) is 16.8 Å². The van der Waals surface area contributed by atoms with Crippen molar-refractivity contribution in [3.8, 4) is 0 Å². The number of Topliss-reactive ketones (excluding diaryl/α,β-unsaturated/α-hetero) is 1. The second kappa shape index (κ2) is 6.62. The van der Waals surface area contributed by atoms with Crippen molar-refractivity contribution in [2.24, 2.45) is 0 Å². The lowest BCUT2D eigenvalue weighted by molar-refractivity contribution is 0.0988. The number of halogens is 1. The molecular formula is C18H22FN3O. The van der Waals surface area contributed by atoms with E-state index in [0.29, 0.717) is 31.0 Å². The molecule has 0 radical (unpaired) electrons. The Balaban J connectivity index is 1.59. The summed E-state index contributed by atoms with van der Waals surface area (Å²) >= 11 is 0. The number of carbonyl (C=O) groups excluding carboxylic acids is 1. The van der Waals surface area contributed by atoms with Gasteiger partial charge in [-0.15, -0.1) is 0 Å². The van der Waals surface area contributed by atoms with Gasteiger partial charge in [-0.05, 0) is 29.5 Å². The number of ketones is 1. The fraction of sp³-hybridized carbons (Fsp3) is 0.444. The van der Waals surface area contributed by atoms with Crippen LogP contribution in [0.4, 0.5) is 4.39 Å². The van der Waals surface area contributed by atoms with E-state index in [1.807, 2.05) is 30.3 Å². The first-order valence-electron chi connectivity index (χ1n) is 8.06. The van der Waals surface area contributed by atoms with Gasteiger partial charge in [0.05, 0.1) is 0 Å². The summed E-state index contributed by atoms with van der Waals surface area (Å²) in [4.78, 5) is 12.3. The summed E-state index contributed by atoms with van der Waals surface area (Å²) in [7, 11) is 0. The van der Waals surface area contributed by atoms with Gasteiger partial charge in [0.1, 0.15) is 11.9 Å². The Labute approximate surface area is 135 Å². The number of hydrogen-bond acceptors (Lipinski definition) is 3. The summed E-state index contributed by atoms with van der Waals surface area (Å²) in [5, 5.41) is 10.1. The Morgan fingerprint density at radius 3 is 2.52 bits per heavy atom. The predicted octanol–water partition coefficient (Wildman–Crippen LogP) is 2.81. The molecule has 23 heavy (non-hydrogen) atoms. The average Bonchev–Trinajstić information content (AvgIpc) is 3.03. The van der Waals surface area contributed by atoms with Crippen LogP contribution < -0.4 is 5.32 Å². The SMILES string of the molecule is CC(C)c1cc(C(=O)Cc2ccc(C[C@@H]3NC[C@@H]3F)cc2)n[nH]1. The fourth-order valence-electron chi connectivity index (χ4n) is 2.67. The lowest BCUT2D eigenvalue weighted by Crippen LogP contribution is -2.55. The highest BCUT2D eigenvalue weighted by atomic mass is 19.1. The zero-order valence-corrected chi connectivity index (χ0v) is 13.5. The molecule has 122 valence electrons. The van der Waals surface area contributed by atoms with Crippen LogP contribution in [0.15, 0.2) is 30.3 Å². The largest absolute Gasteiger partial charge is 0.308 e. The third-order valence-corrected chi connectivity index (χ3v) is 4.36. The van der Waals surface area contributed by atoms with Gasteiger partial charge < -0.3 is 5.32 Å². The second-order valence-electron chi connectivity index (χ2n) is 6.51. The number of benzene rings is 1. The Morgan fingerprint density at radius 1 is 1.30 bits per heavy atom. The van der Waals surface area contributed by atoms with Crippen LogP contribution in [-0.4, -0.2) is 34.7 Å². The van der Waals surface area contributed by atoms with E-state index in [4.69, 9.17) is 0 Å². The normalized spacial score (nSPS) is 20.5. The molecule has 2 heterocycles. The van der Waals surface area contributed by atoms with Crippen molar-refractivity contribution < 1.29 is 9.18 Å². The van der Waals surface area contributed by atoms with Gasteiger partial charge in [0.2, 0.25) is 0 Å². The molecule has 0 aliphatic carbocycles. The van der Waals surface area contributed by atoms with Crippen LogP contribution in [0.3, 0.4) is 0 Å². The maximum Gasteiger partial charge on any atom is 0.187 e. The van der Waals surface area contributed by atoms with E-state index in [1.54, 1.807) is 0 Å². The van der Waals surface area contributed by atoms with Crippen molar-refractivity contribution in [3.05, 3.63) is 52.8 Å². The molecule has 1 aromatic heterocycles. The van der Waals surface area contributed by atoms with Crippen molar-refractivity contribution in [1.82, 2.24) is 15.5 Å². The van der Waals surface area contributed by atoms with Gasteiger partial charge in [-0.2, -0.15) is 5.10 Å². The first-order valence-corrected chi connectivity index (χ1v) is 8.06. The maximum absolute atomic E-state index is 13.2. The highest BCUT2D eigenvalue weighted by Crippen LogP contribution is 2.17. The van der Waals surface area contributed by atoms with Gasteiger partial charge in [-0.1, -0.05) is 38.1 Å². The topological polar surface area (TPSA) is 57.8 Å². The molecule has 1 aliphatic rings. The van der Waals surface area contributed by atoms with Gasteiger partial charge in [0, 0.05) is 24.7 Å². The van der Waals surface area contributed by atoms with E-state index in [1.165, 1.54) is 0 Å². The van der Waals surface area contributed by atoms with Crippen LogP contribution in [0.5, 0.6) is 0 Å². The molecule has 1 fully saturated rings. The molecule has 1 saturated heterocycles. The molecule has 2 N–H and O–H groups in total. The van der Waals surface area contributed by atoms with E-state index >= 15 is 0 Å². The Hall–Kier alpha value is -2.01. The zero-order chi connectivity index (χ0) is 16.4. The summed E-state index contributed by atoms with van der Waals surface area (Å²) in [6.45, 7) is 4.57. The van der Waals surface area contributed by atoms with Crippen LogP contribution in [0, 0.1) is 0 Å². The van der Waals surface area contributed by atoms with Crippen molar-refractivity contribution in [2.45, 2.75) is 44.8 Å². The van der Waals surface area contributed by atoms with E-state index in [-0.39, 0.29) is 11.8 Å². The fourth-order valence-corrected chi connectivity index (χ4v) is 2.67. The average molecular weight is 315 g/mol. The number of hydrogen-bond donors (Lipinski definition) is 2. The van der Waals surface area contributed by atoms with Gasteiger partial charge in [-0.25, -0.2) is 4.39 Å². The zero-order valence-electron chi connectivity index (χ0n) is 13.5. The molecule has 1 aromatic carbocycles. The van der Waals surface area contributed by atoms with Crippen LogP contribution in [0.2, 0.25) is 0 Å². The molecule has 1 aliphatic heterocycles. The molecular weight excluding hydrogens is 293 g/mol. The molecule has 0 unspecified atom stereocenters. The van der Waals surface area contributed by atoms with Crippen LogP contribution >= 0.6 is 0 Å². The molecule has 3 rings (SSSR count). The Bertz CT molecular complexity index is 678. The van der Waals surface area contributed by atoms with Crippen molar-refractivity contribution in [1.29, 1.82) is 0 Å². The third-order valence-electron chi connectivity index (χ3n) is 4.36. The van der Waals surface area contributed by atoms with Crippen molar-refractivity contribution in [3.63, 3.8) is 0 Å². The highest BCUT2D eigenvalue weighted by molar-refractivity contribution is 5.95. The number of alkyl halides is 1. The second-order valence-corrected chi connectivity index (χ2v) is 6.51. The lowest BCUT2D eigenvalue weighted by Gasteiger charge is -2.32. The van der Waals surface area contributed by atoms with E-state index in [2.05, 4.69) is 29.4 Å². The van der Waals surface area contributed by atoms with Gasteiger partial charge in [0.15, 0.2) is 5.78 Å². The van der Waals surface area contributed by atoms with Crippen molar-refractivity contribution >= 4 is 5.78 Å². The number of aromatic nitrogens is 2. The Kier molecular flexibility index (Phi) is 4.57. The molecule has 2 aromatic rings. The number of carbonyl (C=O) groups is 1. The molecule has 0 saturated carbocycles. The van der Waals surface area contributed by atoms with Gasteiger partial charge >= 0.3 is 0 Å². The molecule has 0 amide bonds. The molecule has 5 heteroatoms. The standard InChI is InChI=1S/C18H22FN3O/c1-11(2)15-9-17(22-21-15)18(23)8-13-5-3-12(4-6-13)7-16-14(19)10-20-16/h3-6,9,11,14,16,20H,7-8,10H2,1-2H3,(H,21,22)/t14-,16-/m0/s1. The first-order chi connectivity index (χ1) is 11.0. The molecule has 0 bridgehead atoms. The molecule has 4 nitrogen and oxygen atoms in total. The summed E-state index contributed by atoms with van der Waals surface area (Å²) in [5.41, 5.74) is 3.49. The number of aromatic amines is 1. The maximum atomic E-state index is 13.2. The van der Waals surface area contributed by atoms with Gasteiger partial charge in [0.25, 0.3) is 0 Å². The van der Waals surface area contributed by atoms with Crippen LogP contribution in [0.25, 0.3) is 0 Å².